The number of aliphatic hydroxyl groups excluding tert-OH is 1. The molecule has 2 atom stereocenters. The maximum atomic E-state index is 14.8. The van der Waals surface area contributed by atoms with Gasteiger partial charge >= 0.3 is 0 Å². The van der Waals surface area contributed by atoms with Crippen molar-refractivity contribution < 1.29 is 19.4 Å². The van der Waals surface area contributed by atoms with E-state index in [0.717, 1.165) is 0 Å². The highest BCUT2D eigenvalue weighted by Gasteiger charge is 2.48. The van der Waals surface area contributed by atoms with Crippen molar-refractivity contribution in [3.8, 4) is 0 Å². The topological polar surface area (TPSA) is 83.3 Å². The lowest BCUT2D eigenvalue weighted by atomic mass is 9.83. The number of hydrogen-bond donors (Lipinski definition) is 2. The Morgan fingerprint density at radius 3 is 2.85 bits per heavy atom. The number of rotatable bonds is 5. The van der Waals surface area contributed by atoms with Crippen LogP contribution in [0.5, 0.6) is 0 Å². The fourth-order valence-electron chi connectivity index (χ4n) is 3.33. The van der Waals surface area contributed by atoms with Gasteiger partial charge in [-0.3, -0.25) is 0 Å². The molecule has 1 aliphatic carbocycles. The van der Waals surface area contributed by atoms with E-state index in [1.54, 1.807) is 18.4 Å². The van der Waals surface area contributed by atoms with E-state index in [0.29, 0.717) is 22.7 Å². The second kappa shape index (κ2) is 7.52. The number of aldehydes is 1. The second-order valence-electron chi connectivity index (χ2n) is 6.03. The van der Waals surface area contributed by atoms with Crippen LogP contribution in [-0.4, -0.2) is 32.7 Å². The fourth-order valence-corrected chi connectivity index (χ4v) is 4.34. The van der Waals surface area contributed by atoms with E-state index in [4.69, 9.17) is 11.6 Å². The molecule has 26 heavy (non-hydrogen) atoms. The first-order valence-electron chi connectivity index (χ1n) is 7.70. The Bertz CT molecular complexity index is 886. The van der Waals surface area contributed by atoms with Crippen molar-refractivity contribution in [2.45, 2.75) is 30.2 Å². The van der Waals surface area contributed by atoms with Crippen LogP contribution in [0.15, 0.2) is 21.8 Å². The number of benzene rings is 1. The minimum absolute atomic E-state index is 0.0704. The lowest BCUT2D eigenvalue weighted by molar-refractivity contribution is -0.119. The van der Waals surface area contributed by atoms with Crippen molar-refractivity contribution >= 4 is 45.6 Å². The molecule has 138 valence electrons. The average molecular weight is 462 g/mol. The molecule has 0 saturated heterocycles. The fraction of sp³-hybridized carbons (Fsp3) is 0.353. The van der Waals surface area contributed by atoms with E-state index < -0.39 is 23.9 Å². The summed E-state index contributed by atoms with van der Waals surface area (Å²) in [6.45, 7) is -0.432. The molecular weight excluding hydrogens is 447 g/mol. The Balaban J connectivity index is 2.17. The zero-order chi connectivity index (χ0) is 19.1. The Labute approximate surface area is 167 Å². The number of halogens is 3. The molecule has 9 heteroatoms. The number of thioether (sulfide) groups is 1. The summed E-state index contributed by atoms with van der Waals surface area (Å²) < 4.78 is 15.0. The first kappa shape index (κ1) is 19.7. The second-order valence-corrected chi connectivity index (χ2v) is 8.01. The summed E-state index contributed by atoms with van der Waals surface area (Å²) in [6.07, 6.45) is 2.45. The number of carbonyl (C=O) groups is 1. The van der Waals surface area contributed by atoms with Gasteiger partial charge in [-0.2, -0.15) is 0 Å². The van der Waals surface area contributed by atoms with Gasteiger partial charge in [0.15, 0.2) is 5.16 Å². The van der Waals surface area contributed by atoms with Crippen LogP contribution in [0.1, 0.15) is 22.4 Å². The molecule has 0 radical (unpaired) electrons. The van der Waals surface area contributed by atoms with Crippen LogP contribution in [0.4, 0.5) is 4.39 Å². The van der Waals surface area contributed by atoms with E-state index in [2.05, 4.69) is 25.9 Å². The number of carbonyl (C=O) groups excluding carboxylic acids is 1. The van der Waals surface area contributed by atoms with E-state index in [-0.39, 0.29) is 33.6 Å². The van der Waals surface area contributed by atoms with Gasteiger partial charge in [-0.1, -0.05) is 29.4 Å². The molecule has 0 saturated carbocycles. The van der Waals surface area contributed by atoms with Gasteiger partial charge in [-0.05, 0) is 40.2 Å². The molecule has 0 fully saturated rings. The van der Waals surface area contributed by atoms with Crippen molar-refractivity contribution in [1.82, 2.24) is 9.97 Å². The van der Waals surface area contributed by atoms with Crippen molar-refractivity contribution in [2.75, 3.05) is 6.26 Å². The van der Waals surface area contributed by atoms with E-state index in [1.807, 2.05) is 0 Å². The smallest absolute Gasteiger partial charge is 0.188 e. The van der Waals surface area contributed by atoms with Gasteiger partial charge in [0.25, 0.3) is 0 Å². The molecule has 2 aromatic rings. The molecule has 3 rings (SSSR count). The summed E-state index contributed by atoms with van der Waals surface area (Å²) in [5.41, 5.74) is -0.596. The van der Waals surface area contributed by atoms with Gasteiger partial charge in [0.2, 0.25) is 0 Å². The Morgan fingerprint density at radius 1 is 1.50 bits per heavy atom. The van der Waals surface area contributed by atoms with Crippen LogP contribution in [0, 0.1) is 11.7 Å². The van der Waals surface area contributed by atoms with Crippen LogP contribution in [0.2, 0.25) is 5.15 Å². The summed E-state index contributed by atoms with van der Waals surface area (Å²) in [5, 5.41) is 21.4. The number of fused-ring (bicyclic) bond motifs is 1. The standard InChI is InChI=1S/C17H15BrClFN2O3S/c1-26-16-21-12(10(7-24)15(19)22-16)5-17(25)9(6-23)4-8-2-3-11(18)14(20)13(8)17/h2-3,6,9,24-25H,4-5,7H2,1H3. The van der Waals surface area contributed by atoms with Crippen LogP contribution >= 0.6 is 39.3 Å². The third kappa shape index (κ3) is 3.18. The summed E-state index contributed by atoms with van der Waals surface area (Å²) in [4.78, 5) is 20.0. The van der Waals surface area contributed by atoms with E-state index in [1.165, 1.54) is 11.8 Å². The molecule has 1 heterocycles. The first-order chi connectivity index (χ1) is 12.3. The zero-order valence-corrected chi connectivity index (χ0v) is 16.8. The SMILES string of the molecule is CSc1nc(Cl)c(CO)c(CC2(O)c3c(ccc(Br)c3F)CC2C=O)n1. The van der Waals surface area contributed by atoms with Gasteiger partial charge in [0.1, 0.15) is 22.9 Å². The van der Waals surface area contributed by atoms with Crippen molar-refractivity contribution in [1.29, 1.82) is 0 Å². The van der Waals surface area contributed by atoms with Crippen molar-refractivity contribution in [3.63, 3.8) is 0 Å². The molecule has 1 aliphatic rings. The third-order valence-corrected chi connectivity index (χ3v) is 6.10. The normalized spacial score (nSPS) is 21.7. The van der Waals surface area contributed by atoms with Crippen molar-refractivity contribution in [3.05, 3.63) is 50.0 Å². The molecule has 0 spiro atoms. The summed E-state index contributed by atoms with van der Waals surface area (Å²) in [6, 6.07) is 3.23. The first-order valence-corrected chi connectivity index (χ1v) is 10.1. The third-order valence-electron chi connectivity index (χ3n) is 4.63. The maximum absolute atomic E-state index is 14.8. The minimum atomic E-state index is -1.79. The molecule has 2 N–H and O–H groups in total. The monoisotopic (exact) mass is 460 g/mol. The summed E-state index contributed by atoms with van der Waals surface area (Å²) in [7, 11) is 0. The quantitative estimate of drug-likeness (QED) is 0.308. The molecular formula is C17H15BrClFN2O3S. The Kier molecular flexibility index (Phi) is 5.69. The largest absolute Gasteiger partial charge is 0.391 e. The Hall–Kier alpha value is -1.06. The van der Waals surface area contributed by atoms with Crippen LogP contribution in [-0.2, 0) is 29.8 Å². The minimum Gasteiger partial charge on any atom is -0.391 e. The van der Waals surface area contributed by atoms with Gasteiger partial charge in [-0.15, -0.1) is 0 Å². The van der Waals surface area contributed by atoms with Gasteiger partial charge in [0, 0.05) is 17.5 Å². The summed E-state index contributed by atoms with van der Waals surface area (Å²) in [5.74, 6) is -1.44. The van der Waals surface area contributed by atoms with Crippen LogP contribution in [0.25, 0.3) is 0 Å². The highest BCUT2D eigenvalue weighted by Crippen LogP contribution is 2.46. The van der Waals surface area contributed by atoms with Crippen LogP contribution in [0.3, 0.4) is 0 Å². The van der Waals surface area contributed by atoms with Crippen molar-refractivity contribution in [2.24, 2.45) is 5.92 Å². The van der Waals surface area contributed by atoms with Gasteiger partial charge < -0.3 is 15.0 Å². The molecule has 2 unspecified atom stereocenters. The lowest BCUT2D eigenvalue weighted by Gasteiger charge is -2.29. The maximum Gasteiger partial charge on any atom is 0.188 e. The molecule has 5 nitrogen and oxygen atoms in total. The highest BCUT2D eigenvalue weighted by molar-refractivity contribution is 9.10. The predicted molar refractivity (Wildman–Crippen MR) is 99.7 cm³/mol. The van der Waals surface area contributed by atoms with Crippen LogP contribution < -0.4 is 0 Å². The Morgan fingerprint density at radius 2 is 2.23 bits per heavy atom. The molecule has 0 aliphatic heterocycles. The van der Waals surface area contributed by atoms with E-state index >= 15 is 0 Å². The molecule has 0 amide bonds. The molecule has 0 bridgehead atoms. The van der Waals surface area contributed by atoms with Gasteiger partial charge in [-0.25, -0.2) is 14.4 Å². The number of hydrogen-bond acceptors (Lipinski definition) is 6. The predicted octanol–water partition coefficient (Wildman–Crippen LogP) is 3.05. The number of aromatic nitrogens is 2. The average Bonchev–Trinajstić information content (AvgIpc) is 2.90. The number of aliphatic hydroxyl groups is 2. The molecule has 1 aromatic heterocycles. The summed E-state index contributed by atoms with van der Waals surface area (Å²) >= 11 is 10.5. The lowest BCUT2D eigenvalue weighted by Crippen LogP contribution is -2.36. The van der Waals surface area contributed by atoms with Gasteiger partial charge in [0.05, 0.1) is 22.7 Å². The highest BCUT2D eigenvalue weighted by atomic mass is 79.9. The zero-order valence-electron chi connectivity index (χ0n) is 13.7. The number of nitrogens with zero attached hydrogens (tertiary/aromatic N) is 2. The molecule has 1 aromatic carbocycles. The van der Waals surface area contributed by atoms with E-state index in [9.17, 15) is 19.4 Å².